The van der Waals surface area contributed by atoms with E-state index in [1.807, 2.05) is 0 Å². The molecule has 0 saturated heterocycles. The van der Waals surface area contributed by atoms with E-state index in [0.717, 1.165) is 0 Å². The fourth-order valence-corrected chi connectivity index (χ4v) is 2.19. The van der Waals surface area contributed by atoms with Crippen LogP contribution >= 0.6 is 0 Å². The van der Waals surface area contributed by atoms with Gasteiger partial charge in [0.15, 0.2) is 0 Å². The van der Waals surface area contributed by atoms with Crippen molar-refractivity contribution in [1.29, 1.82) is 0 Å². The number of hydrogen-bond acceptors (Lipinski definition) is 3. The Morgan fingerprint density at radius 2 is 2.05 bits per heavy atom. The average Bonchev–Trinajstić information content (AvgIpc) is 2.49. The molecule has 2 aromatic rings. The van der Waals surface area contributed by atoms with Crippen LogP contribution in [-0.2, 0) is 9.59 Å². The van der Waals surface area contributed by atoms with Crippen LogP contribution in [0.5, 0.6) is 5.75 Å². The average molecular weight is 300 g/mol. The molecule has 2 N–H and O–H groups in total. The first-order valence-electron chi connectivity index (χ1n) is 6.68. The smallest absolute Gasteiger partial charge is 0.275 e. The summed E-state index contributed by atoms with van der Waals surface area (Å²) in [7, 11) is 0. The van der Waals surface area contributed by atoms with E-state index in [9.17, 15) is 14.0 Å². The van der Waals surface area contributed by atoms with Gasteiger partial charge < -0.3 is 15.4 Å². The molecular weight excluding hydrogens is 287 g/mol. The summed E-state index contributed by atoms with van der Waals surface area (Å²) in [5.74, 6) is -1.12. The number of carbonyl (C=O) groups excluding carboxylic acids is 2. The second-order valence-corrected chi connectivity index (χ2v) is 4.93. The van der Waals surface area contributed by atoms with Crippen LogP contribution in [0.3, 0.4) is 0 Å². The summed E-state index contributed by atoms with van der Waals surface area (Å²) in [6.07, 6.45) is -1.29. The SMILES string of the molecule is Cc1cc(F)ccc1NC(=O)[C@H]1Oc2ccccc2NC1=O. The Kier molecular flexibility index (Phi) is 3.50. The lowest BCUT2D eigenvalue weighted by molar-refractivity contribution is -0.133. The summed E-state index contributed by atoms with van der Waals surface area (Å²) in [6, 6.07) is 10.8. The molecule has 0 radical (unpaired) electrons. The largest absolute Gasteiger partial charge is 0.468 e. The number of benzene rings is 2. The molecule has 2 aromatic carbocycles. The normalized spacial score (nSPS) is 16.3. The summed E-state index contributed by atoms with van der Waals surface area (Å²) in [5, 5.41) is 5.19. The van der Waals surface area contributed by atoms with Crippen molar-refractivity contribution in [3.8, 4) is 5.75 Å². The van der Waals surface area contributed by atoms with Gasteiger partial charge in [-0.3, -0.25) is 9.59 Å². The van der Waals surface area contributed by atoms with E-state index in [0.29, 0.717) is 22.7 Å². The van der Waals surface area contributed by atoms with Gasteiger partial charge in [0, 0.05) is 5.69 Å². The zero-order chi connectivity index (χ0) is 15.7. The van der Waals surface area contributed by atoms with Gasteiger partial charge in [-0.15, -0.1) is 0 Å². The summed E-state index contributed by atoms with van der Waals surface area (Å²) in [4.78, 5) is 24.2. The van der Waals surface area contributed by atoms with Crippen molar-refractivity contribution in [3.05, 3.63) is 53.8 Å². The number of anilines is 2. The van der Waals surface area contributed by atoms with E-state index in [4.69, 9.17) is 4.74 Å². The third-order valence-corrected chi connectivity index (χ3v) is 3.31. The third kappa shape index (κ3) is 2.63. The number of amides is 2. The Hall–Kier alpha value is -2.89. The maximum Gasteiger partial charge on any atom is 0.275 e. The maximum absolute atomic E-state index is 13.1. The van der Waals surface area contributed by atoms with Crippen LogP contribution < -0.4 is 15.4 Å². The third-order valence-electron chi connectivity index (χ3n) is 3.31. The highest BCUT2D eigenvalue weighted by Crippen LogP contribution is 2.29. The number of para-hydroxylation sites is 2. The Morgan fingerprint density at radius 3 is 2.82 bits per heavy atom. The summed E-state index contributed by atoms with van der Waals surface area (Å²) in [6.45, 7) is 1.66. The van der Waals surface area contributed by atoms with Crippen molar-refractivity contribution in [2.75, 3.05) is 10.6 Å². The zero-order valence-corrected chi connectivity index (χ0v) is 11.7. The monoisotopic (exact) mass is 300 g/mol. The molecule has 0 aliphatic carbocycles. The van der Waals surface area contributed by atoms with Crippen LogP contribution in [0.15, 0.2) is 42.5 Å². The molecule has 6 heteroatoms. The fraction of sp³-hybridized carbons (Fsp3) is 0.125. The zero-order valence-electron chi connectivity index (χ0n) is 11.7. The molecule has 1 aliphatic heterocycles. The molecule has 0 fully saturated rings. The molecule has 5 nitrogen and oxygen atoms in total. The quantitative estimate of drug-likeness (QED) is 0.837. The number of nitrogens with one attached hydrogen (secondary N) is 2. The van der Waals surface area contributed by atoms with Gasteiger partial charge in [0.2, 0.25) is 0 Å². The second kappa shape index (κ2) is 5.48. The first kappa shape index (κ1) is 14.1. The highest BCUT2D eigenvalue weighted by molar-refractivity contribution is 6.15. The lowest BCUT2D eigenvalue weighted by Gasteiger charge is -2.25. The molecular formula is C16H13FN2O3. The van der Waals surface area contributed by atoms with Crippen LogP contribution in [0.25, 0.3) is 0 Å². The Labute approximate surface area is 126 Å². The lowest BCUT2D eigenvalue weighted by atomic mass is 10.1. The molecule has 0 saturated carbocycles. The number of carbonyl (C=O) groups is 2. The van der Waals surface area contributed by atoms with Crippen LogP contribution in [0, 0.1) is 12.7 Å². The number of ether oxygens (including phenoxy) is 1. The molecule has 0 spiro atoms. The lowest BCUT2D eigenvalue weighted by Crippen LogP contribution is -2.45. The van der Waals surface area contributed by atoms with Gasteiger partial charge in [0.25, 0.3) is 17.9 Å². The van der Waals surface area contributed by atoms with Gasteiger partial charge >= 0.3 is 0 Å². The maximum atomic E-state index is 13.1. The second-order valence-electron chi connectivity index (χ2n) is 4.93. The minimum atomic E-state index is -1.29. The van der Waals surface area contributed by atoms with E-state index in [2.05, 4.69) is 10.6 Å². The fourth-order valence-electron chi connectivity index (χ4n) is 2.19. The highest BCUT2D eigenvalue weighted by atomic mass is 19.1. The number of aryl methyl sites for hydroxylation is 1. The molecule has 2 amide bonds. The van der Waals surface area contributed by atoms with E-state index >= 15 is 0 Å². The Morgan fingerprint density at radius 1 is 1.27 bits per heavy atom. The number of halogens is 1. The van der Waals surface area contributed by atoms with Crippen molar-refractivity contribution < 1.29 is 18.7 Å². The van der Waals surface area contributed by atoms with Crippen molar-refractivity contribution in [2.45, 2.75) is 13.0 Å². The predicted molar refractivity (Wildman–Crippen MR) is 79.3 cm³/mol. The van der Waals surface area contributed by atoms with Gasteiger partial charge in [-0.2, -0.15) is 0 Å². The van der Waals surface area contributed by atoms with Gasteiger partial charge in [0.1, 0.15) is 11.6 Å². The van der Waals surface area contributed by atoms with Crippen LogP contribution in [0.1, 0.15) is 5.56 Å². The van der Waals surface area contributed by atoms with Gasteiger partial charge in [-0.25, -0.2) is 4.39 Å². The number of hydrogen-bond donors (Lipinski definition) is 2. The first-order chi connectivity index (χ1) is 10.5. The Balaban J connectivity index is 1.79. The molecule has 1 atom stereocenters. The van der Waals surface area contributed by atoms with Gasteiger partial charge in [-0.1, -0.05) is 12.1 Å². The Bertz CT molecular complexity index is 761. The summed E-state index contributed by atoms with van der Waals surface area (Å²) < 4.78 is 18.5. The number of rotatable bonds is 2. The predicted octanol–water partition coefficient (Wildman–Crippen LogP) is 2.47. The standard InChI is InChI=1S/C16H13FN2O3/c1-9-8-10(17)6-7-11(9)18-15(20)14-16(21)19-12-4-2-3-5-13(12)22-14/h2-8,14H,1H3,(H,18,20)(H,19,21)/t14-/m1/s1. The minimum absolute atomic E-state index is 0.393. The van der Waals surface area contributed by atoms with E-state index in [1.165, 1.54) is 18.2 Å². The van der Waals surface area contributed by atoms with Crippen LogP contribution in [-0.4, -0.2) is 17.9 Å². The van der Waals surface area contributed by atoms with Gasteiger partial charge in [0.05, 0.1) is 5.69 Å². The summed E-state index contributed by atoms with van der Waals surface area (Å²) in [5.41, 5.74) is 1.51. The van der Waals surface area contributed by atoms with Crippen molar-refractivity contribution >= 4 is 23.2 Å². The first-order valence-corrected chi connectivity index (χ1v) is 6.68. The number of fused-ring (bicyclic) bond motifs is 1. The van der Waals surface area contributed by atoms with E-state index < -0.39 is 23.7 Å². The molecule has 112 valence electrons. The van der Waals surface area contributed by atoms with E-state index in [1.54, 1.807) is 31.2 Å². The van der Waals surface area contributed by atoms with Crippen LogP contribution in [0.2, 0.25) is 0 Å². The van der Waals surface area contributed by atoms with Crippen molar-refractivity contribution in [3.63, 3.8) is 0 Å². The van der Waals surface area contributed by atoms with Crippen LogP contribution in [0.4, 0.5) is 15.8 Å². The molecule has 1 heterocycles. The van der Waals surface area contributed by atoms with Gasteiger partial charge in [-0.05, 0) is 42.8 Å². The molecule has 0 unspecified atom stereocenters. The topological polar surface area (TPSA) is 67.4 Å². The van der Waals surface area contributed by atoms with Crippen molar-refractivity contribution in [1.82, 2.24) is 0 Å². The molecule has 3 rings (SSSR count). The minimum Gasteiger partial charge on any atom is -0.468 e. The highest BCUT2D eigenvalue weighted by Gasteiger charge is 2.33. The molecule has 1 aliphatic rings. The van der Waals surface area contributed by atoms with Crippen molar-refractivity contribution in [2.24, 2.45) is 0 Å². The van der Waals surface area contributed by atoms with E-state index in [-0.39, 0.29) is 0 Å². The molecule has 0 bridgehead atoms. The summed E-state index contributed by atoms with van der Waals surface area (Å²) >= 11 is 0. The molecule has 22 heavy (non-hydrogen) atoms. The molecule has 0 aromatic heterocycles.